The SMILES string of the molecule is COc1cc([C@H]2C[C@](C)(O)[C@@H]3CC=C(C)[C@@H](O)[C@H]3O2)ccc1O. The van der Waals surface area contributed by atoms with Crippen LogP contribution in [0.15, 0.2) is 29.8 Å². The van der Waals surface area contributed by atoms with E-state index in [2.05, 4.69) is 0 Å². The molecule has 0 unspecified atom stereocenters. The first kappa shape index (κ1) is 16.3. The third-order valence-electron chi connectivity index (χ3n) is 5.16. The number of hydrogen-bond donors (Lipinski definition) is 3. The zero-order valence-corrected chi connectivity index (χ0v) is 13.7. The van der Waals surface area contributed by atoms with Gasteiger partial charge in [0.25, 0.3) is 0 Å². The van der Waals surface area contributed by atoms with Crippen LogP contribution < -0.4 is 4.74 Å². The van der Waals surface area contributed by atoms with Crippen molar-refractivity contribution in [3.63, 3.8) is 0 Å². The predicted molar refractivity (Wildman–Crippen MR) is 85.4 cm³/mol. The number of aliphatic hydroxyl groups is 2. The summed E-state index contributed by atoms with van der Waals surface area (Å²) in [5.74, 6) is 0.303. The van der Waals surface area contributed by atoms with Crippen LogP contribution in [0.1, 0.15) is 38.4 Å². The van der Waals surface area contributed by atoms with Crippen molar-refractivity contribution in [3.8, 4) is 11.5 Å². The van der Waals surface area contributed by atoms with Crippen LogP contribution in [-0.2, 0) is 4.74 Å². The highest BCUT2D eigenvalue weighted by Crippen LogP contribution is 2.47. The Balaban J connectivity index is 1.92. The second-order valence-electron chi connectivity index (χ2n) is 6.82. The minimum Gasteiger partial charge on any atom is -0.504 e. The van der Waals surface area contributed by atoms with Crippen molar-refractivity contribution < 1.29 is 24.8 Å². The number of aliphatic hydroxyl groups excluding tert-OH is 1. The molecule has 5 nitrogen and oxygen atoms in total. The van der Waals surface area contributed by atoms with E-state index in [0.717, 1.165) is 11.1 Å². The zero-order valence-electron chi connectivity index (χ0n) is 13.7. The largest absolute Gasteiger partial charge is 0.504 e. The number of ether oxygens (including phenoxy) is 2. The molecule has 3 rings (SSSR count). The summed E-state index contributed by atoms with van der Waals surface area (Å²) in [6.45, 7) is 3.69. The van der Waals surface area contributed by atoms with E-state index < -0.39 is 17.8 Å². The molecular weight excluding hydrogens is 296 g/mol. The maximum absolute atomic E-state index is 10.9. The lowest BCUT2D eigenvalue weighted by atomic mass is 9.70. The van der Waals surface area contributed by atoms with Crippen molar-refractivity contribution in [1.29, 1.82) is 0 Å². The lowest BCUT2D eigenvalue weighted by Crippen LogP contribution is -2.55. The van der Waals surface area contributed by atoms with E-state index >= 15 is 0 Å². The van der Waals surface area contributed by atoms with Gasteiger partial charge in [0.15, 0.2) is 11.5 Å². The van der Waals surface area contributed by atoms with E-state index in [4.69, 9.17) is 9.47 Å². The lowest BCUT2D eigenvalue weighted by molar-refractivity contribution is -0.206. The van der Waals surface area contributed by atoms with Crippen LogP contribution in [0, 0.1) is 5.92 Å². The molecule has 0 amide bonds. The summed E-state index contributed by atoms with van der Waals surface area (Å²) in [5.41, 5.74) is 0.764. The smallest absolute Gasteiger partial charge is 0.160 e. The van der Waals surface area contributed by atoms with Gasteiger partial charge >= 0.3 is 0 Å². The van der Waals surface area contributed by atoms with Gasteiger partial charge in [0.2, 0.25) is 0 Å². The van der Waals surface area contributed by atoms with Gasteiger partial charge < -0.3 is 24.8 Å². The number of benzene rings is 1. The van der Waals surface area contributed by atoms with Crippen molar-refractivity contribution in [2.24, 2.45) is 5.92 Å². The third kappa shape index (κ3) is 2.84. The Morgan fingerprint density at radius 2 is 2.09 bits per heavy atom. The Bertz CT molecular complexity index is 622. The van der Waals surface area contributed by atoms with Gasteiger partial charge in [-0.2, -0.15) is 0 Å². The van der Waals surface area contributed by atoms with Gasteiger partial charge in [0, 0.05) is 12.3 Å². The maximum Gasteiger partial charge on any atom is 0.160 e. The molecule has 1 aliphatic heterocycles. The Kier molecular flexibility index (Phi) is 4.12. The van der Waals surface area contributed by atoms with Gasteiger partial charge in [-0.05, 0) is 43.5 Å². The molecule has 0 radical (unpaired) electrons. The van der Waals surface area contributed by atoms with Crippen LogP contribution in [0.25, 0.3) is 0 Å². The fourth-order valence-electron chi connectivity index (χ4n) is 3.68. The molecule has 5 heteroatoms. The molecule has 1 aromatic rings. The van der Waals surface area contributed by atoms with Crippen molar-refractivity contribution in [1.82, 2.24) is 0 Å². The molecule has 5 atom stereocenters. The van der Waals surface area contributed by atoms with E-state index in [1.807, 2.05) is 13.0 Å². The lowest BCUT2D eigenvalue weighted by Gasteiger charge is -2.49. The first-order valence-corrected chi connectivity index (χ1v) is 7.93. The van der Waals surface area contributed by atoms with Crippen molar-refractivity contribution >= 4 is 0 Å². The Morgan fingerprint density at radius 1 is 1.35 bits per heavy atom. The van der Waals surface area contributed by atoms with Gasteiger partial charge in [0.05, 0.1) is 24.9 Å². The standard InChI is InChI=1S/C18H24O5/c1-10-4-6-12-17(16(10)20)23-15(9-18(12,2)21)11-5-7-13(19)14(8-11)22-3/h4-5,7-8,12,15-17,19-21H,6,9H2,1-3H3/t12-,15-,16-,17+,18+/m1/s1. The molecule has 1 aliphatic carbocycles. The van der Waals surface area contributed by atoms with E-state index in [0.29, 0.717) is 18.6 Å². The van der Waals surface area contributed by atoms with Gasteiger partial charge in [-0.3, -0.25) is 0 Å². The van der Waals surface area contributed by atoms with Gasteiger partial charge in [-0.1, -0.05) is 12.1 Å². The normalized spacial score (nSPS) is 37.0. The highest BCUT2D eigenvalue weighted by Gasteiger charge is 2.49. The molecule has 0 saturated carbocycles. The number of rotatable bonds is 2. The number of fused-ring (bicyclic) bond motifs is 1. The number of aromatic hydroxyl groups is 1. The highest BCUT2D eigenvalue weighted by molar-refractivity contribution is 5.42. The fourth-order valence-corrected chi connectivity index (χ4v) is 3.68. The van der Waals surface area contributed by atoms with Crippen LogP contribution in [-0.4, -0.2) is 40.2 Å². The summed E-state index contributed by atoms with van der Waals surface area (Å²) < 4.78 is 11.3. The molecule has 3 N–H and O–H groups in total. The molecule has 1 saturated heterocycles. The first-order chi connectivity index (χ1) is 10.8. The van der Waals surface area contributed by atoms with Crippen molar-refractivity contribution in [2.75, 3.05) is 7.11 Å². The first-order valence-electron chi connectivity index (χ1n) is 7.93. The molecule has 0 aromatic heterocycles. The minimum atomic E-state index is -0.934. The maximum atomic E-state index is 10.9. The predicted octanol–water partition coefficient (Wildman–Crippen LogP) is 2.31. The van der Waals surface area contributed by atoms with Crippen LogP contribution >= 0.6 is 0 Å². The van der Waals surface area contributed by atoms with E-state index in [9.17, 15) is 15.3 Å². The Labute approximate surface area is 136 Å². The summed E-state index contributed by atoms with van der Waals surface area (Å²) in [7, 11) is 1.49. The molecule has 126 valence electrons. The number of methoxy groups -OCH3 is 1. The van der Waals surface area contributed by atoms with Crippen LogP contribution in [0.3, 0.4) is 0 Å². The molecule has 2 aliphatic rings. The average molecular weight is 320 g/mol. The van der Waals surface area contributed by atoms with Crippen LogP contribution in [0.2, 0.25) is 0 Å². The van der Waals surface area contributed by atoms with E-state index in [1.165, 1.54) is 7.11 Å². The number of phenolic OH excluding ortho intramolecular Hbond substituents is 1. The van der Waals surface area contributed by atoms with Crippen LogP contribution in [0.4, 0.5) is 0 Å². The fraction of sp³-hybridized carbons (Fsp3) is 0.556. The quantitative estimate of drug-likeness (QED) is 0.729. The van der Waals surface area contributed by atoms with Gasteiger partial charge in [0.1, 0.15) is 6.10 Å². The monoisotopic (exact) mass is 320 g/mol. The number of phenols is 1. The van der Waals surface area contributed by atoms with Crippen LogP contribution in [0.5, 0.6) is 11.5 Å². The highest BCUT2D eigenvalue weighted by atomic mass is 16.5. The molecule has 1 heterocycles. The summed E-state index contributed by atoms with van der Waals surface area (Å²) in [5, 5.41) is 31.1. The van der Waals surface area contributed by atoms with E-state index in [-0.39, 0.29) is 17.8 Å². The Morgan fingerprint density at radius 3 is 2.78 bits per heavy atom. The Hall–Kier alpha value is -1.56. The minimum absolute atomic E-state index is 0.0631. The van der Waals surface area contributed by atoms with Gasteiger partial charge in [-0.15, -0.1) is 0 Å². The third-order valence-corrected chi connectivity index (χ3v) is 5.16. The molecule has 1 aromatic carbocycles. The van der Waals surface area contributed by atoms with Crippen molar-refractivity contribution in [3.05, 3.63) is 35.4 Å². The van der Waals surface area contributed by atoms with Crippen molar-refractivity contribution in [2.45, 2.75) is 50.6 Å². The zero-order chi connectivity index (χ0) is 16.8. The second kappa shape index (κ2) is 5.82. The van der Waals surface area contributed by atoms with Gasteiger partial charge in [-0.25, -0.2) is 0 Å². The number of allylic oxidation sites excluding steroid dienone is 1. The molecule has 0 bridgehead atoms. The summed E-state index contributed by atoms with van der Waals surface area (Å²) in [4.78, 5) is 0. The summed E-state index contributed by atoms with van der Waals surface area (Å²) >= 11 is 0. The summed E-state index contributed by atoms with van der Waals surface area (Å²) in [6, 6.07) is 5.03. The second-order valence-corrected chi connectivity index (χ2v) is 6.82. The molecule has 0 spiro atoms. The average Bonchev–Trinajstić information content (AvgIpc) is 2.51. The summed E-state index contributed by atoms with van der Waals surface area (Å²) in [6.07, 6.45) is 1.61. The topological polar surface area (TPSA) is 79.2 Å². The van der Waals surface area contributed by atoms with E-state index in [1.54, 1.807) is 25.1 Å². The number of hydrogen-bond acceptors (Lipinski definition) is 5. The molecule has 1 fully saturated rings. The molecule has 23 heavy (non-hydrogen) atoms. The molecular formula is C18H24O5.